The van der Waals surface area contributed by atoms with Crippen LogP contribution in [0.5, 0.6) is 0 Å². The van der Waals surface area contributed by atoms with Gasteiger partial charge in [-0.05, 0) is 36.6 Å². The van der Waals surface area contributed by atoms with Gasteiger partial charge in [-0.3, -0.25) is 4.79 Å². The Hall–Kier alpha value is -1.48. The number of benzene rings is 1. The molecule has 1 aromatic carbocycles. The fourth-order valence-corrected chi connectivity index (χ4v) is 7.09. The fourth-order valence-electron chi connectivity index (χ4n) is 4.24. The first-order valence-electron chi connectivity index (χ1n) is 8.96. The van der Waals surface area contributed by atoms with Crippen LogP contribution in [0.3, 0.4) is 0 Å². The van der Waals surface area contributed by atoms with Gasteiger partial charge in [-0.25, -0.2) is 13.4 Å². The van der Waals surface area contributed by atoms with Gasteiger partial charge in [0.25, 0.3) is 0 Å². The molecule has 1 fully saturated rings. The number of carboxylic acid groups (broad SMARTS) is 1. The van der Waals surface area contributed by atoms with Crippen LogP contribution in [0.2, 0.25) is 10.0 Å². The molecule has 29 heavy (non-hydrogen) atoms. The lowest BCUT2D eigenvalue weighted by Gasteiger charge is -2.26. The van der Waals surface area contributed by atoms with E-state index in [-0.39, 0.29) is 28.5 Å². The third-order valence-electron chi connectivity index (χ3n) is 5.37. The van der Waals surface area contributed by atoms with Crippen molar-refractivity contribution >= 4 is 56.6 Å². The Morgan fingerprint density at radius 1 is 1.31 bits per heavy atom. The van der Waals surface area contributed by atoms with Gasteiger partial charge in [0.05, 0.1) is 32.7 Å². The molecule has 10 heteroatoms. The van der Waals surface area contributed by atoms with E-state index in [1.807, 2.05) is 6.07 Å². The Balaban J connectivity index is 1.83. The summed E-state index contributed by atoms with van der Waals surface area (Å²) in [4.78, 5) is 19.0. The lowest BCUT2D eigenvalue weighted by atomic mass is 9.93. The second kappa shape index (κ2) is 7.65. The number of carboxylic acids is 1. The van der Waals surface area contributed by atoms with Gasteiger partial charge in [-0.1, -0.05) is 23.2 Å². The molecular formula is C19H18Cl2N2O4S2. The number of hydrogen-bond donors (Lipinski definition) is 1. The van der Waals surface area contributed by atoms with Crippen molar-refractivity contribution < 1.29 is 18.3 Å². The Labute approximate surface area is 183 Å². The Morgan fingerprint density at radius 3 is 2.72 bits per heavy atom. The monoisotopic (exact) mass is 472 g/mol. The van der Waals surface area contributed by atoms with E-state index in [0.717, 1.165) is 11.3 Å². The number of halogens is 2. The van der Waals surface area contributed by atoms with Crippen molar-refractivity contribution in [2.75, 3.05) is 17.7 Å². The van der Waals surface area contributed by atoms with Gasteiger partial charge >= 0.3 is 5.97 Å². The number of pyridine rings is 1. The van der Waals surface area contributed by atoms with Crippen molar-refractivity contribution in [3.05, 3.63) is 46.1 Å². The number of carbonyl (C=O) groups is 1. The summed E-state index contributed by atoms with van der Waals surface area (Å²) in [6.45, 7) is 0.647. The van der Waals surface area contributed by atoms with Crippen molar-refractivity contribution in [1.82, 2.24) is 4.98 Å². The van der Waals surface area contributed by atoms with Crippen molar-refractivity contribution in [1.29, 1.82) is 0 Å². The Morgan fingerprint density at radius 2 is 2.07 bits per heavy atom. The zero-order chi connectivity index (χ0) is 20.9. The Kier molecular flexibility index (Phi) is 5.48. The fraction of sp³-hybridized carbons (Fsp3) is 0.368. The standard InChI is InChI=1S/C19H18Cl2N2O4S2/c1-29(26,27)14-4-6-22-19-16(14)18(28-11-2-3-12(20)13(21)9-11)17-10(8-15(24)25)5-7-23(17)19/h2-4,6,9-10,17-18H,5,7-8H2,1H3,(H,24,25). The van der Waals surface area contributed by atoms with E-state index in [4.69, 9.17) is 23.2 Å². The van der Waals surface area contributed by atoms with E-state index in [2.05, 4.69) is 9.88 Å². The van der Waals surface area contributed by atoms with Crippen LogP contribution in [0.15, 0.2) is 40.3 Å². The quantitative estimate of drug-likeness (QED) is 0.693. The first kappa shape index (κ1) is 20.8. The molecule has 0 saturated carbocycles. The molecule has 0 radical (unpaired) electrons. The molecule has 154 valence electrons. The minimum Gasteiger partial charge on any atom is -0.481 e. The van der Waals surface area contributed by atoms with Crippen LogP contribution >= 0.6 is 35.0 Å². The normalized spacial score (nSPS) is 23.1. The van der Waals surface area contributed by atoms with Crippen molar-refractivity contribution in [2.24, 2.45) is 5.92 Å². The van der Waals surface area contributed by atoms with Crippen LogP contribution in [-0.2, 0) is 14.6 Å². The topological polar surface area (TPSA) is 87.6 Å². The van der Waals surface area contributed by atoms with Crippen molar-refractivity contribution in [3.63, 3.8) is 0 Å². The lowest BCUT2D eigenvalue weighted by Crippen LogP contribution is -2.32. The maximum Gasteiger partial charge on any atom is 0.303 e. The van der Waals surface area contributed by atoms with E-state index < -0.39 is 15.8 Å². The average Bonchev–Trinajstić information content (AvgIpc) is 3.17. The number of aromatic nitrogens is 1. The second-order valence-electron chi connectivity index (χ2n) is 7.26. The minimum atomic E-state index is -3.48. The van der Waals surface area contributed by atoms with Crippen LogP contribution in [0.25, 0.3) is 0 Å². The molecular weight excluding hydrogens is 455 g/mol. The van der Waals surface area contributed by atoms with Gasteiger partial charge in [0.2, 0.25) is 0 Å². The summed E-state index contributed by atoms with van der Waals surface area (Å²) in [5.74, 6) is -0.333. The van der Waals surface area contributed by atoms with Crippen LogP contribution in [0, 0.1) is 5.92 Å². The predicted octanol–water partition coefficient (Wildman–Crippen LogP) is 4.31. The van der Waals surface area contributed by atoms with Crippen LogP contribution in [0.4, 0.5) is 5.82 Å². The number of hydrogen-bond acceptors (Lipinski definition) is 6. The molecule has 4 rings (SSSR count). The molecule has 3 atom stereocenters. The minimum absolute atomic E-state index is 0.0296. The number of rotatable bonds is 5. The maximum absolute atomic E-state index is 12.5. The molecule has 0 bridgehead atoms. The lowest BCUT2D eigenvalue weighted by molar-refractivity contribution is -0.138. The summed E-state index contributed by atoms with van der Waals surface area (Å²) in [5, 5.41) is 9.93. The summed E-state index contributed by atoms with van der Waals surface area (Å²) in [5.41, 5.74) is 0.645. The summed E-state index contributed by atoms with van der Waals surface area (Å²) in [6, 6.07) is 6.64. The highest BCUT2D eigenvalue weighted by atomic mass is 35.5. The Bertz CT molecular complexity index is 1090. The number of anilines is 1. The summed E-state index contributed by atoms with van der Waals surface area (Å²) in [6.07, 6.45) is 3.44. The first-order chi connectivity index (χ1) is 13.7. The summed E-state index contributed by atoms with van der Waals surface area (Å²) in [7, 11) is -3.48. The molecule has 1 saturated heterocycles. The van der Waals surface area contributed by atoms with E-state index in [0.29, 0.717) is 28.0 Å². The molecule has 1 N–H and O–H groups in total. The van der Waals surface area contributed by atoms with Crippen LogP contribution in [-0.4, -0.2) is 43.3 Å². The third-order valence-corrected chi connectivity index (χ3v) is 8.56. The number of sulfone groups is 1. The number of nitrogens with zero attached hydrogens (tertiary/aromatic N) is 2. The molecule has 1 aromatic heterocycles. The third kappa shape index (κ3) is 3.83. The summed E-state index contributed by atoms with van der Waals surface area (Å²) < 4.78 is 25.0. The molecule has 0 amide bonds. The smallest absolute Gasteiger partial charge is 0.303 e. The van der Waals surface area contributed by atoms with Gasteiger partial charge in [-0.15, -0.1) is 11.8 Å². The maximum atomic E-state index is 12.5. The van der Waals surface area contributed by atoms with E-state index in [1.165, 1.54) is 30.3 Å². The molecule has 0 aliphatic carbocycles. The average molecular weight is 473 g/mol. The molecule has 6 nitrogen and oxygen atoms in total. The highest BCUT2D eigenvalue weighted by molar-refractivity contribution is 7.99. The number of aliphatic carboxylic acids is 1. The predicted molar refractivity (Wildman–Crippen MR) is 114 cm³/mol. The number of fused-ring (bicyclic) bond motifs is 3. The molecule has 3 unspecified atom stereocenters. The highest BCUT2D eigenvalue weighted by Crippen LogP contribution is 2.56. The molecule has 2 aliphatic rings. The zero-order valence-corrected chi connectivity index (χ0v) is 18.5. The SMILES string of the molecule is CS(=O)(=O)c1ccnc2c1C(Sc1ccc(Cl)c(Cl)c1)C1C(CC(=O)O)CCN21. The van der Waals surface area contributed by atoms with Gasteiger partial charge < -0.3 is 10.0 Å². The van der Waals surface area contributed by atoms with E-state index in [9.17, 15) is 18.3 Å². The van der Waals surface area contributed by atoms with E-state index >= 15 is 0 Å². The first-order valence-corrected chi connectivity index (χ1v) is 12.5. The van der Waals surface area contributed by atoms with Gasteiger partial charge in [0, 0.05) is 29.5 Å². The van der Waals surface area contributed by atoms with E-state index in [1.54, 1.807) is 12.1 Å². The molecule has 2 aromatic rings. The van der Waals surface area contributed by atoms with Crippen molar-refractivity contribution in [2.45, 2.75) is 33.9 Å². The second-order valence-corrected chi connectivity index (χ2v) is 11.3. The molecule has 2 aliphatic heterocycles. The molecule has 0 spiro atoms. The molecule has 3 heterocycles. The van der Waals surface area contributed by atoms with Gasteiger partial charge in [0.15, 0.2) is 9.84 Å². The largest absolute Gasteiger partial charge is 0.481 e. The van der Waals surface area contributed by atoms with Crippen molar-refractivity contribution in [3.8, 4) is 0 Å². The van der Waals surface area contributed by atoms with Gasteiger partial charge in [0.1, 0.15) is 5.82 Å². The van der Waals surface area contributed by atoms with Crippen LogP contribution in [0.1, 0.15) is 23.7 Å². The van der Waals surface area contributed by atoms with Gasteiger partial charge in [-0.2, -0.15) is 0 Å². The summed E-state index contributed by atoms with van der Waals surface area (Å²) >= 11 is 13.7. The highest BCUT2D eigenvalue weighted by Gasteiger charge is 2.50. The zero-order valence-electron chi connectivity index (χ0n) is 15.4. The number of thioether (sulfide) groups is 1. The van der Waals surface area contributed by atoms with Crippen LogP contribution < -0.4 is 4.90 Å².